The highest BCUT2D eigenvalue weighted by Gasteiger charge is 2.22. The van der Waals surface area contributed by atoms with Crippen LogP contribution in [0.3, 0.4) is 0 Å². The topological polar surface area (TPSA) is 90.7 Å². The highest BCUT2D eigenvalue weighted by molar-refractivity contribution is 7.80. The molecule has 1 aromatic carbocycles. The van der Waals surface area contributed by atoms with Crippen LogP contribution in [0.15, 0.2) is 18.2 Å². The molecule has 0 amide bonds. The summed E-state index contributed by atoms with van der Waals surface area (Å²) in [4.78, 5) is 15.2. The van der Waals surface area contributed by atoms with E-state index in [2.05, 4.69) is 17.2 Å². The molecule has 8 heteroatoms. The van der Waals surface area contributed by atoms with E-state index in [0.717, 1.165) is 4.70 Å². The minimum atomic E-state index is -1.03. The van der Waals surface area contributed by atoms with Crippen molar-refractivity contribution in [2.45, 2.75) is 12.3 Å². The number of aromatic carboxylic acids is 1. The first-order valence-corrected chi connectivity index (χ1v) is 7.10. The number of hydrogen-bond acceptors (Lipinski definition) is 5. The van der Waals surface area contributed by atoms with Crippen molar-refractivity contribution in [3.63, 3.8) is 0 Å². The van der Waals surface area contributed by atoms with Crippen LogP contribution < -0.4 is 0 Å². The number of carboxylic acid groups (broad SMARTS) is 1. The zero-order valence-corrected chi connectivity index (χ0v) is 12.4. The molecule has 0 aliphatic rings. The van der Waals surface area contributed by atoms with Gasteiger partial charge in [0.2, 0.25) is 0 Å². The molecule has 0 aliphatic carbocycles. The number of benzene rings is 1. The van der Waals surface area contributed by atoms with Gasteiger partial charge in [-0.15, -0.1) is 11.3 Å². The van der Waals surface area contributed by atoms with Crippen LogP contribution in [0, 0.1) is 0 Å². The van der Waals surface area contributed by atoms with E-state index in [-0.39, 0.29) is 22.1 Å². The summed E-state index contributed by atoms with van der Waals surface area (Å²) in [6.45, 7) is 0. The number of carboxylic acids is 1. The molecular formula is C12H9NO4S3. The Kier molecular flexibility index (Phi) is 4.26. The van der Waals surface area contributed by atoms with Gasteiger partial charge in [-0.05, 0) is 42.6 Å². The van der Waals surface area contributed by atoms with Gasteiger partial charge in [-0.2, -0.15) is 0 Å². The number of fused-ring (bicyclic) bond motifs is 1. The zero-order valence-electron chi connectivity index (χ0n) is 9.94. The summed E-state index contributed by atoms with van der Waals surface area (Å²) < 4.78 is 0.773. The lowest BCUT2D eigenvalue weighted by atomic mass is 10.1. The van der Waals surface area contributed by atoms with Crippen molar-refractivity contribution in [2.24, 2.45) is 0 Å². The van der Waals surface area contributed by atoms with E-state index in [1.807, 2.05) is 0 Å². The molecule has 2 rings (SSSR count). The van der Waals surface area contributed by atoms with Crippen molar-refractivity contribution >= 4 is 62.1 Å². The van der Waals surface area contributed by atoms with Gasteiger partial charge in [0.05, 0.1) is 21.7 Å². The molecule has 1 unspecified atom stereocenters. The quantitative estimate of drug-likeness (QED) is 0.726. The molecule has 3 N–H and O–H groups in total. The normalized spacial score (nSPS) is 12.2. The smallest absolute Gasteiger partial charge is 0.335 e. The number of aliphatic hydroxyl groups is 2. The second-order valence-electron chi connectivity index (χ2n) is 4.03. The summed E-state index contributed by atoms with van der Waals surface area (Å²) in [5.74, 6) is -1.69. The number of thiocarbonyl (C=S) groups is 2. The van der Waals surface area contributed by atoms with E-state index < -0.39 is 11.9 Å². The van der Waals surface area contributed by atoms with Gasteiger partial charge in [-0.1, -0.05) is 0 Å². The van der Waals surface area contributed by atoms with Crippen molar-refractivity contribution in [2.75, 3.05) is 0 Å². The minimum Gasteiger partial charge on any atom is -0.502 e. The van der Waals surface area contributed by atoms with Gasteiger partial charge >= 0.3 is 5.97 Å². The summed E-state index contributed by atoms with van der Waals surface area (Å²) in [6, 6.07) is 4.58. The van der Waals surface area contributed by atoms with Gasteiger partial charge in [0.1, 0.15) is 5.01 Å². The maximum absolute atomic E-state index is 10.9. The molecule has 0 saturated carbocycles. The summed E-state index contributed by atoms with van der Waals surface area (Å²) >= 11 is 10.6. The molecule has 0 fully saturated rings. The fourth-order valence-corrected chi connectivity index (χ4v) is 3.17. The molecule has 2 aromatic rings. The van der Waals surface area contributed by atoms with Gasteiger partial charge in [0, 0.05) is 6.42 Å². The fraction of sp³-hybridized carbons (Fsp3) is 0.167. The lowest BCUT2D eigenvalue weighted by Gasteiger charge is -2.08. The van der Waals surface area contributed by atoms with Crippen molar-refractivity contribution < 1.29 is 20.1 Å². The van der Waals surface area contributed by atoms with Crippen molar-refractivity contribution in [1.82, 2.24) is 4.98 Å². The first-order valence-electron chi connectivity index (χ1n) is 5.47. The second-order valence-corrected chi connectivity index (χ2v) is 5.98. The summed E-state index contributed by atoms with van der Waals surface area (Å²) in [7, 11) is 0. The Balaban J connectivity index is 2.46. The average Bonchev–Trinajstić information content (AvgIpc) is 2.77. The Morgan fingerprint density at radius 3 is 2.55 bits per heavy atom. The molecule has 0 radical (unpaired) electrons. The Morgan fingerprint density at radius 2 is 2.00 bits per heavy atom. The van der Waals surface area contributed by atoms with E-state index in [4.69, 9.17) is 17.3 Å². The minimum absolute atomic E-state index is 0.0102. The van der Waals surface area contributed by atoms with Gasteiger partial charge in [-0.3, -0.25) is 0 Å². The van der Waals surface area contributed by atoms with E-state index in [1.54, 1.807) is 6.07 Å². The van der Waals surface area contributed by atoms with Crippen LogP contribution in [0.4, 0.5) is 0 Å². The molecule has 1 atom stereocenters. The third kappa shape index (κ3) is 3.09. The molecule has 20 heavy (non-hydrogen) atoms. The summed E-state index contributed by atoms with van der Waals surface area (Å²) in [6.07, 6.45) is 0.0102. The Labute approximate surface area is 128 Å². The van der Waals surface area contributed by atoms with E-state index in [1.165, 1.54) is 23.5 Å². The first-order chi connectivity index (χ1) is 9.38. The van der Waals surface area contributed by atoms with Crippen LogP contribution in [0.1, 0.15) is 27.7 Å². The molecule has 0 bridgehead atoms. The standard InChI is InChI=1S/C12H9NO4S3/c14-9(18)4-6(12(17)19)10-13-7-3-5(11(15)16)1-2-8(7)20-10/h1-3,6H,4H2,(H,14,18)(H,15,16)(H,17,19). The molecule has 5 nitrogen and oxygen atoms in total. The predicted molar refractivity (Wildman–Crippen MR) is 84.4 cm³/mol. The Hall–Kier alpha value is -1.64. The lowest BCUT2D eigenvalue weighted by Crippen LogP contribution is -2.13. The van der Waals surface area contributed by atoms with Crippen LogP contribution >= 0.6 is 35.8 Å². The van der Waals surface area contributed by atoms with Gasteiger partial charge in [0.25, 0.3) is 0 Å². The zero-order chi connectivity index (χ0) is 14.9. The number of aromatic nitrogens is 1. The van der Waals surface area contributed by atoms with Gasteiger partial charge in [0.15, 0.2) is 10.1 Å². The lowest BCUT2D eigenvalue weighted by molar-refractivity contribution is 0.0697. The van der Waals surface area contributed by atoms with Crippen LogP contribution in [0.2, 0.25) is 0 Å². The highest BCUT2D eigenvalue weighted by Crippen LogP contribution is 2.31. The summed E-state index contributed by atoms with van der Waals surface area (Å²) in [5.41, 5.74) is 0.644. The molecule has 104 valence electrons. The third-order valence-electron chi connectivity index (χ3n) is 2.63. The average molecular weight is 327 g/mol. The van der Waals surface area contributed by atoms with E-state index >= 15 is 0 Å². The number of carbonyl (C=O) groups is 1. The number of aliphatic hydroxyl groups excluding tert-OH is 2. The number of hydrogen-bond donors (Lipinski definition) is 3. The molecule has 1 aromatic heterocycles. The third-order valence-corrected chi connectivity index (χ3v) is 4.23. The summed E-state index contributed by atoms with van der Waals surface area (Å²) in [5, 5.41) is 27.6. The van der Waals surface area contributed by atoms with Gasteiger partial charge in [-0.25, -0.2) is 9.78 Å². The number of nitrogens with zero attached hydrogens (tertiary/aromatic N) is 1. The number of rotatable bonds is 5. The molecule has 1 heterocycles. The fourth-order valence-electron chi connectivity index (χ4n) is 1.68. The van der Waals surface area contributed by atoms with Crippen molar-refractivity contribution in [3.8, 4) is 0 Å². The van der Waals surface area contributed by atoms with Crippen LogP contribution in [-0.4, -0.2) is 36.4 Å². The van der Waals surface area contributed by atoms with Crippen molar-refractivity contribution in [3.05, 3.63) is 28.8 Å². The molecule has 0 aliphatic heterocycles. The monoisotopic (exact) mass is 327 g/mol. The molecule has 0 spiro atoms. The maximum atomic E-state index is 10.9. The Morgan fingerprint density at radius 1 is 1.30 bits per heavy atom. The van der Waals surface area contributed by atoms with Crippen LogP contribution in [0.25, 0.3) is 10.2 Å². The maximum Gasteiger partial charge on any atom is 0.335 e. The predicted octanol–water partition coefficient (Wildman–Crippen LogP) is 3.24. The van der Waals surface area contributed by atoms with Crippen LogP contribution in [-0.2, 0) is 0 Å². The number of thiazole rings is 1. The molecular weight excluding hydrogens is 318 g/mol. The molecule has 0 saturated heterocycles. The van der Waals surface area contributed by atoms with E-state index in [9.17, 15) is 15.0 Å². The van der Waals surface area contributed by atoms with Gasteiger partial charge < -0.3 is 15.3 Å². The Bertz CT molecular complexity index is 710. The van der Waals surface area contributed by atoms with Crippen LogP contribution in [0.5, 0.6) is 0 Å². The highest BCUT2D eigenvalue weighted by atomic mass is 32.1. The van der Waals surface area contributed by atoms with Crippen molar-refractivity contribution in [1.29, 1.82) is 0 Å². The first kappa shape index (κ1) is 14.8. The van der Waals surface area contributed by atoms with E-state index in [0.29, 0.717) is 10.5 Å². The second kappa shape index (κ2) is 5.78. The SMILES string of the molecule is O=C(O)c1ccc2sc(C(CC(O)=S)C(O)=S)nc2c1. The largest absolute Gasteiger partial charge is 0.502 e.